The molecular weight excluding hydrogens is 287 g/mol. The average Bonchev–Trinajstić information content (AvgIpc) is 2.28. The number of benzene rings is 1. The molecule has 0 spiro atoms. The highest BCUT2D eigenvalue weighted by atomic mass is 79.9. The largest absolute Gasteiger partial charge is 0.390 e. The molecule has 0 bridgehead atoms. The topological polar surface area (TPSA) is 37.3 Å². The fourth-order valence-electron chi connectivity index (χ4n) is 2.20. The first-order valence-electron chi connectivity index (χ1n) is 5.67. The number of carbonyl (C=O) groups excluding carboxylic acids is 1. The van der Waals surface area contributed by atoms with Gasteiger partial charge in [-0.1, -0.05) is 15.9 Å². The van der Waals surface area contributed by atoms with Crippen LogP contribution in [0.5, 0.6) is 0 Å². The van der Waals surface area contributed by atoms with E-state index < -0.39 is 5.60 Å². The molecule has 0 radical (unpaired) electrons. The van der Waals surface area contributed by atoms with Gasteiger partial charge < -0.3 is 5.11 Å². The van der Waals surface area contributed by atoms with Crippen LogP contribution in [0.3, 0.4) is 0 Å². The van der Waals surface area contributed by atoms with Crippen LogP contribution in [0.2, 0.25) is 0 Å². The minimum absolute atomic E-state index is 0.185. The zero-order valence-electron chi connectivity index (χ0n) is 9.38. The summed E-state index contributed by atoms with van der Waals surface area (Å²) in [7, 11) is 0. The highest BCUT2D eigenvalue weighted by Crippen LogP contribution is 2.31. The van der Waals surface area contributed by atoms with Crippen molar-refractivity contribution >= 4 is 21.7 Å². The van der Waals surface area contributed by atoms with Gasteiger partial charge in [-0.15, -0.1) is 0 Å². The summed E-state index contributed by atoms with van der Waals surface area (Å²) in [5, 5.41) is 10.3. The fourth-order valence-corrected chi connectivity index (χ4v) is 2.61. The summed E-state index contributed by atoms with van der Waals surface area (Å²) < 4.78 is 14.4. The zero-order chi connectivity index (χ0) is 12.5. The Labute approximate surface area is 108 Å². The third-order valence-corrected chi connectivity index (χ3v) is 3.76. The van der Waals surface area contributed by atoms with Gasteiger partial charge in [0.05, 0.1) is 5.60 Å². The minimum atomic E-state index is -0.935. The third-order valence-electron chi connectivity index (χ3n) is 3.27. The lowest BCUT2D eigenvalue weighted by atomic mass is 9.80. The Kier molecular flexibility index (Phi) is 3.64. The summed E-state index contributed by atoms with van der Waals surface area (Å²) in [6.45, 7) is 0. The number of Topliss-reactive ketones (excluding diaryl/α,β-unsaturated/α-hetero) is 1. The smallest absolute Gasteiger partial charge is 0.133 e. The van der Waals surface area contributed by atoms with Crippen LogP contribution in [0.4, 0.5) is 4.39 Å². The first kappa shape index (κ1) is 12.7. The quantitative estimate of drug-likeness (QED) is 0.912. The van der Waals surface area contributed by atoms with Gasteiger partial charge in [0.15, 0.2) is 0 Å². The molecule has 0 heterocycles. The second kappa shape index (κ2) is 4.86. The first-order valence-corrected chi connectivity index (χ1v) is 6.46. The lowest BCUT2D eigenvalue weighted by Crippen LogP contribution is -2.36. The lowest BCUT2D eigenvalue weighted by molar-refractivity contribution is -0.125. The van der Waals surface area contributed by atoms with E-state index in [1.807, 2.05) is 0 Å². The van der Waals surface area contributed by atoms with Crippen molar-refractivity contribution in [3.8, 4) is 0 Å². The SMILES string of the molecule is O=C1CCC(O)(Cc2cc(Br)ccc2F)CC1. The Morgan fingerprint density at radius 3 is 2.65 bits per heavy atom. The Hall–Kier alpha value is -0.740. The predicted octanol–water partition coefficient (Wildman–Crippen LogP) is 3.00. The van der Waals surface area contributed by atoms with Gasteiger partial charge in [-0.25, -0.2) is 4.39 Å². The molecule has 0 aliphatic heterocycles. The Morgan fingerprint density at radius 1 is 1.35 bits per heavy atom. The number of halogens is 2. The third kappa shape index (κ3) is 3.13. The van der Waals surface area contributed by atoms with Gasteiger partial charge in [-0.2, -0.15) is 0 Å². The molecule has 4 heteroatoms. The fraction of sp³-hybridized carbons (Fsp3) is 0.462. The molecule has 1 saturated carbocycles. The van der Waals surface area contributed by atoms with E-state index in [0.29, 0.717) is 31.2 Å². The molecule has 2 nitrogen and oxygen atoms in total. The number of hydrogen-bond acceptors (Lipinski definition) is 2. The lowest BCUT2D eigenvalue weighted by Gasteiger charge is -2.31. The second-order valence-electron chi connectivity index (χ2n) is 4.68. The van der Waals surface area contributed by atoms with Crippen molar-refractivity contribution in [3.63, 3.8) is 0 Å². The van der Waals surface area contributed by atoms with Gasteiger partial charge in [0.2, 0.25) is 0 Å². The summed E-state index contributed by atoms with van der Waals surface area (Å²) in [6, 6.07) is 4.70. The van der Waals surface area contributed by atoms with E-state index in [0.717, 1.165) is 4.47 Å². The highest BCUT2D eigenvalue weighted by molar-refractivity contribution is 9.10. The molecule has 1 aromatic rings. The van der Waals surface area contributed by atoms with Crippen molar-refractivity contribution in [2.24, 2.45) is 0 Å². The van der Waals surface area contributed by atoms with Crippen LogP contribution in [0.1, 0.15) is 31.2 Å². The number of ketones is 1. The monoisotopic (exact) mass is 300 g/mol. The van der Waals surface area contributed by atoms with Gasteiger partial charge in [0.1, 0.15) is 11.6 Å². The molecule has 1 fully saturated rings. The van der Waals surface area contributed by atoms with Crippen molar-refractivity contribution < 1.29 is 14.3 Å². The molecule has 1 aliphatic carbocycles. The van der Waals surface area contributed by atoms with Crippen LogP contribution in [-0.4, -0.2) is 16.5 Å². The van der Waals surface area contributed by atoms with Crippen molar-refractivity contribution in [1.29, 1.82) is 0 Å². The number of carbonyl (C=O) groups is 1. The van der Waals surface area contributed by atoms with E-state index in [9.17, 15) is 14.3 Å². The predicted molar refractivity (Wildman–Crippen MR) is 66.2 cm³/mol. The van der Waals surface area contributed by atoms with Crippen LogP contribution in [0.25, 0.3) is 0 Å². The van der Waals surface area contributed by atoms with Gasteiger partial charge in [0.25, 0.3) is 0 Å². The zero-order valence-corrected chi connectivity index (χ0v) is 11.0. The molecule has 0 saturated heterocycles. The molecule has 0 aromatic heterocycles. The molecule has 92 valence electrons. The van der Waals surface area contributed by atoms with Crippen molar-refractivity contribution in [3.05, 3.63) is 34.1 Å². The molecule has 1 aromatic carbocycles. The van der Waals surface area contributed by atoms with Crippen molar-refractivity contribution in [2.75, 3.05) is 0 Å². The van der Waals surface area contributed by atoms with Crippen LogP contribution in [-0.2, 0) is 11.2 Å². The molecule has 1 N–H and O–H groups in total. The highest BCUT2D eigenvalue weighted by Gasteiger charge is 2.33. The summed E-state index contributed by atoms with van der Waals surface area (Å²) in [6.07, 6.45) is 1.92. The molecule has 0 amide bonds. The van der Waals surface area contributed by atoms with Crippen molar-refractivity contribution in [2.45, 2.75) is 37.7 Å². The van der Waals surface area contributed by atoms with Gasteiger partial charge in [-0.3, -0.25) is 4.79 Å². The molecule has 2 rings (SSSR count). The van der Waals surface area contributed by atoms with Crippen LogP contribution in [0.15, 0.2) is 22.7 Å². The van der Waals surface area contributed by atoms with E-state index in [4.69, 9.17) is 0 Å². The molecule has 17 heavy (non-hydrogen) atoms. The Morgan fingerprint density at radius 2 is 2.00 bits per heavy atom. The number of rotatable bonds is 2. The molecule has 0 atom stereocenters. The average molecular weight is 301 g/mol. The summed E-state index contributed by atoms with van der Waals surface area (Å²) >= 11 is 3.29. The minimum Gasteiger partial charge on any atom is -0.390 e. The second-order valence-corrected chi connectivity index (χ2v) is 5.59. The number of hydrogen-bond donors (Lipinski definition) is 1. The number of aliphatic hydroxyl groups is 1. The maximum Gasteiger partial charge on any atom is 0.133 e. The van der Waals surface area contributed by atoms with Crippen LogP contribution < -0.4 is 0 Å². The van der Waals surface area contributed by atoms with Gasteiger partial charge >= 0.3 is 0 Å². The molecule has 0 unspecified atom stereocenters. The van der Waals surface area contributed by atoms with E-state index in [-0.39, 0.29) is 18.0 Å². The van der Waals surface area contributed by atoms with E-state index in [2.05, 4.69) is 15.9 Å². The van der Waals surface area contributed by atoms with Crippen LogP contribution >= 0.6 is 15.9 Å². The van der Waals surface area contributed by atoms with E-state index in [1.54, 1.807) is 12.1 Å². The Balaban J connectivity index is 2.14. The van der Waals surface area contributed by atoms with Crippen LogP contribution in [0, 0.1) is 5.82 Å². The van der Waals surface area contributed by atoms with E-state index >= 15 is 0 Å². The normalized spacial score (nSPS) is 19.4. The van der Waals surface area contributed by atoms with Crippen molar-refractivity contribution in [1.82, 2.24) is 0 Å². The molecule has 1 aliphatic rings. The summed E-state index contributed by atoms with van der Waals surface area (Å²) in [5.41, 5.74) is -0.438. The standard InChI is InChI=1S/C13H14BrFO2/c14-10-1-2-12(15)9(7-10)8-13(17)5-3-11(16)4-6-13/h1-2,7,17H,3-6,8H2. The van der Waals surface area contributed by atoms with Gasteiger partial charge in [-0.05, 0) is 36.6 Å². The van der Waals surface area contributed by atoms with Gasteiger partial charge in [0, 0.05) is 23.7 Å². The maximum atomic E-state index is 13.6. The van der Waals surface area contributed by atoms with E-state index in [1.165, 1.54) is 6.07 Å². The Bertz CT molecular complexity index is 435. The first-order chi connectivity index (χ1) is 7.98. The maximum absolute atomic E-state index is 13.6. The summed E-state index contributed by atoms with van der Waals surface area (Å²) in [5.74, 6) is -0.122. The summed E-state index contributed by atoms with van der Waals surface area (Å²) in [4.78, 5) is 11.1. The molecular formula is C13H14BrFO2.